The van der Waals surface area contributed by atoms with Crippen molar-refractivity contribution in [2.24, 2.45) is 0 Å². The highest BCUT2D eigenvalue weighted by molar-refractivity contribution is 8.00. The molecule has 3 rings (SSSR count). The van der Waals surface area contributed by atoms with Crippen molar-refractivity contribution in [3.05, 3.63) is 48.5 Å². The fraction of sp³-hybridized carbons (Fsp3) is 0.250. The molecule has 1 heterocycles. The average molecular weight is 399 g/mol. The van der Waals surface area contributed by atoms with E-state index in [0.29, 0.717) is 22.5 Å². The van der Waals surface area contributed by atoms with E-state index in [0.717, 1.165) is 11.3 Å². The van der Waals surface area contributed by atoms with Crippen LogP contribution in [0.5, 0.6) is 11.5 Å². The number of nitrogens with zero attached hydrogens (tertiary/aromatic N) is 3. The van der Waals surface area contributed by atoms with Crippen molar-refractivity contribution < 1.29 is 19.0 Å². The summed E-state index contributed by atoms with van der Waals surface area (Å²) in [4.78, 5) is 11.9. The molecule has 0 aliphatic carbocycles. The lowest BCUT2D eigenvalue weighted by Gasteiger charge is -2.15. The van der Waals surface area contributed by atoms with E-state index in [2.05, 4.69) is 10.2 Å². The minimum atomic E-state index is -0.434. The second-order valence-corrected chi connectivity index (χ2v) is 7.14. The molecule has 1 atom stereocenters. The summed E-state index contributed by atoms with van der Waals surface area (Å²) in [6.07, 6.45) is 0. The summed E-state index contributed by atoms with van der Waals surface area (Å²) < 4.78 is 17.5. The molecule has 0 unspecified atom stereocenters. The maximum absolute atomic E-state index is 11.9. The molecule has 0 radical (unpaired) electrons. The quantitative estimate of drug-likeness (QED) is 0.444. The first-order valence-electron chi connectivity index (χ1n) is 8.56. The number of methoxy groups -OCH3 is 3. The van der Waals surface area contributed by atoms with E-state index in [-0.39, 0.29) is 5.97 Å². The topological polar surface area (TPSA) is 75.5 Å². The van der Waals surface area contributed by atoms with E-state index in [1.165, 1.54) is 18.9 Å². The Morgan fingerprint density at radius 1 is 1.00 bits per heavy atom. The first-order valence-corrected chi connectivity index (χ1v) is 9.44. The van der Waals surface area contributed by atoms with Gasteiger partial charge in [-0.15, -0.1) is 10.2 Å². The van der Waals surface area contributed by atoms with Gasteiger partial charge in [0.25, 0.3) is 0 Å². The fourth-order valence-electron chi connectivity index (χ4n) is 2.69. The van der Waals surface area contributed by atoms with Gasteiger partial charge in [-0.05, 0) is 19.1 Å². The lowest BCUT2D eigenvalue weighted by atomic mass is 10.2. The second-order valence-electron chi connectivity index (χ2n) is 5.83. The van der Waals surface area contributed by atoms with Crippen molar-refractivity contribution in [1.29, 1.82) is 0 Å². The summed E-state index contributed by atoms with van der Waals surface area (Å²) in [6, 6.07) is 15.3. The highest BCUT2D eigenvalue weighted by Gasteiger charge is 2.22. The molecule has 8 heteroatoms. The number of carbonyl (C=O) groups is 1. The molecule has 7 nitrogen and oxygen atoms in total. The lowest BCUT2D eigenvalue weighted by molar-refractivity contribution is -0.139. The minimum Gasteiger partial charge on any atom is -0.493 e. The van der Waals surface area contributed by atoms with Gasteiger partial charge in [0.2, 0.25) is 0 Å². The molecule has 0 aliphatic heterocycles. The molecule has 2 aromatic carbocycles. The smallest absolute Gasteiger partial charge is 0.318 e. The number of aromatic nitrogens is 3. The van der Waals surface area contributed by atoms with E-state index in [1.807, 2.05) is 53.1 Å². The van der Waals surface area contributed by atoms with Crippen molar-refractivity contribution >= 4 is 17.7 Å². The highest BCUT2D eigenvalue weighted by Crippen LogP contribution is 2.34. The zero-order valence-electron chi connectivity index (χ0n) is 16.1. The van der Waals surface area contributed by atoms with Gasteiger partial charge in [0.15, 0.2) is 22.5 Å². The molecular formula is C20H21N3O4S. The van der Waals surface area contributed by atoms with Crippen LogP contribution in [0.3, 0.4) is 0 Å². The third-order valence-corrected chi connectivity index (χ3v) is 5.13. The van der Waals surface area contributed by atoms with Crippen LogP contribution in [-0.2, 0) is 9.53 Å². The van der Waals surface area contributed by atoms with Crippen LogP contribution in [0.25, 0.3) is 17.1 Å². The normalized spacial score (nSPS) is 11.7. The first kappa shape index (κ1) is 19.8. The average Bonchev–Trinajstić information content (AvgIpc) is 3.16. The molecular weight excluding hydrogens is 378 g/mol. The van der Waals surface area contributed by atoms with E-state index < -0.39 is 5.25 Å². The number of thioether (sulfide) groups is 1. The Hall–Kier alpha value is -3.00. The largest absolute Gasteiger partial charge is 0.493 e. The van der Waals surface area contributed by atoms with Gasteiger partial charge in [0.05, 0.1) is 27.0 Å². The molecule has 0 saturated heterocycles. The summed E-state index contributed by atoms with van der Waals surface area (Å²) in [7, 11) is 4.54. The lowest BCUT2D eigenvalue weighted by Crippen LogP contribution is -2.15. The summed E-state index contributed by atoms with van der Waals surface area (Å²) in [5.41, 5.74) is 1.70. The van der Waals surface area contributed by atoms with E-state index in [1.54, 1.807) is 21.1 Å². The molecule has 0 saturated carbocycles. The number of carbonyl (C=O) groups excluding carboxylic acids is 1. The molecule has 0 amide bonds. The van der Waals surface area contributed by atoms with Gasteiger partial charge < -0.3 is 14.2 Å². The molecule has 1 aromatic heterocycles. The van der Waals surface area contributed by atoms with Crippen LogP contribution < -0.4 is 9.47 Å². The zero-order valence-corrected chi connectivity index (χ0v) is 16.9. The molecule has 0 N–H and O–H groups in total. The van der Waals surface area contributed by atoms with Crippen LogP contribution in [0.15, 0.2) is 53.7 Å². The SMILES string of the molecule is COC(=O)[C@@H](C)Sc1nnc(-c2ccccc2)n1-c1ccc(OC)c(OC)c1. The molecule has 0 spiro atoms. The van der Waals surface area contributed by atoms with Gasteiger partial charge in [-0.1, -0.05) is 42.1 Å². The van der Waals surface area contributed by atoms with Crippen LogP contribution in [0.2, 0.25) is 0 Å². The standard InChI is InChI=1S/C20H21N3O4S/c1-13(19(24)27-4)28-20-22-21-18(14-8-6-5-7-9-14)23(20)15-10-11-16(25-2)17(12-15)26-3/h5-13H,1-4H3/t13-/m1/s1. The Kier molecular flexibility index (Phi) is 6.20. The number of hydrogen-bond acceptors (Lipinski definition) is 7. The van der Waals surface area contributed by atoms with E-state index >= 15 is 0 Å². The fourth-order valence-corrected chi connectivity index (χ4v) is 3.58. The highest BCUT2D eigenvalue weighted by atomic mass is 32.2. The summed E-state index contributed by atoms with van der Waals surface area (Å²) in [6.45, 7) is 1.77. The van der Waals surface area contributed by atoms with Gasteiger partial charge in [-0.2, -0.15) is 0 Å². The summed E-state index contributed by atoms with van der Waals surface area (Å²) >= 11 is 1.28. The van der Waals surface area contributed by atoms with Crippen molar-refractivity contribution in [3.63, 3.8) is 0 Å². The number of rotatable bonds is 7. The van der Waals surface area contributed by atoms with Gasteiger partial charge in [-0.25, -0.2) is 0 Å². The summed E-state index contributed by atoms with van der Waals surface area (Å²) in [5, 5.41) is 8.83. The van der Waals surface area contributed by atoms with Crippen molar-refractivity contribution in [1.82, 2.24) is 14.8 Å². The van der Waals surface area contributed by atoms with Gasteiger partial charge in [0, 0.05) is 11.6 Å². The maximum Gasteiger partial charge on any atom is 0.318 e. The van der Waals surface area contributed by atoms with Crippen LogP contribution in [-0.4, -0.2) is 47.3 Å². The molecule has 0 bridgehead atoms. The molecule has 0 fully saturated rings. The Bertz CT molecular complexity index is 959. The van der Waals surface area contributed by atoms with Gasteiger partial charge in [0.1, 0.15) is 5.25 Å². The number of esters is 1. The van der Waals surface area contributed by atoms with Crippen molar-refractivity contribution in [2.45, 2.75) is 17.3 Å². The third kappa shape index (κ3) is 3.96. The molecule has 3 aromatic rings. The zero-order chi connectivity index (χ0) is 20.1. The van der Waals surface area contributed by atoms with Gasteiger partial charge in [-0.3, -0.25) is 9.36 Å². The second kappa shape index (κ2) is 8.79. The molecule has 146 valence electrons. The van der Waals surface area contributed by atoms with Crippen LogP contribution >= 0.6 is 11.8 Å². The summed E-state index contributed by atoms with van der Waals surface area (Å²) in [5.74, 6) is 1.54. The van der Waals surface area contributed by atoms with Crippen LogP contribution in [0, 0.1) is 0 Å². The van der Waals surface area contributed by atoms with Gasteiger partial charge >= 0.3 is 5.97 Å². The third-order valence-electron chi connectivity index (χ3n) is 4.11. The Labute approximate surface area is 167 Å². The molecule has 28 heavy (non-hydrogen) atoms. The van der Waals surface area contributed by atoms with E-state index in [9.17, 15) is 4.79 Å². The molecule has 0 aliphatic rings. The van der Waals surface area contributed by atoms with Crippen molar-refractivity contribution in [2.75, 3.05) is 21.3 Å². The predicted molar refractivity (Wildman–Crippen MR) is 107 cm³/mol. The monoisotopic (exact) mass is 399 g/mol. The number of ether oxygens (including phenoxy) is 3. The Morgan fingerprint density at radius 3 is 2.36 bits per heavy atom. The Morgan fingerprint density at radius 2 is 1.71 bits per heavy atom. The number of hydrogen-bond donors (Lipinski definition) is 0. The predicted octanol–water partition coefficient (Wildman–Crippen LogP) is 3.61. The van der Waals surface area contributed by atoms with E-state index in [4.69, 9.17) is 14.2 Å². The van der Waals surface area contributed by atoms with Crippen molar-refractivity contribution in [3.8, 4) is 28.6 Å². The minimum absolute atomic E-state index is 0.326. The van der Waals surface area contributed by atoms with Crippen LogP contribution in [0.1, 0.15) is 6.92 Å². The first-order chi connectivity index (χ1) is 13.6. The number of benzene rings is 2. The Balaban J connectivity index is 2.13. The van der Waals surface area contributed by atoms with Crippen LogP contribution in [0.4, 0.5) is 0 Å². The maximum atomic E-state index is 11.9.